The Bertz CT molecular complexity index is 704. The molecule has 0 aromatic heterocycles. The first-order chi connectivity index (χ1) is 13.3. The molecule has 0 aliphatic carbocycles. The molecule has 2 heterocycles. The second kappa shape index (κ2) is 8.91. The fraction of sp³-hybridized carbons (Fsp3) is 0.565. The van der Waals surface area contributed by atoms with E-state index in [-0.39, 0.29) is 23.1 Å². The smallest absolute Gasteiger partial charge is 0.246 e. The van der Waals surface area contributed by atoms with Crippen LogP contribution in [0.1, 0.15) is 44.7 Å². The van der Waals surface area contributed by atoms with Gasteiger partial charge in [-0.1, -0.05) is 45.0 Å². The molecule has 2 amide bonds. The first-order valence-corrected chi connectivity index (χ1v) is 10.3. The first-order valence-electron chi connectivity index (χ1n) is 10.3. The van der Waals surface area contributed by atoms with Gasteiger partial charge in [0.05, 0.1) is 13.2 Å². The van der Waals surface area contributed by atoms with E-state index in [1.807, 2.05) is 15.9 Å². The maximum absolute atomic E-state index is 12.6. The Morgan fingerprint density at radius 1 is 0.964 bits per heavy atom. The molecule has 2 aliphatic heterocycles. The molecule has 3 rings (SSSR count). The normalized spacial score (nSPS) is 19.2. The van der Waals surface area contributed by atoms with Crippen LogP contribution in [0.3, 0.4) is 0 Å². The van der Waals surface area contributed by atoms with Crippen LogP contribution in [-0.4, -0.2) is 61.0 Å². The van der Waals surface area contributed by atoms with Crippen molar-refractivity contribution in [1.29, 1.82) is 0 Å². The number of likely N-dealkylation sites (tertiary alicyclic amines) is 1. The average molecular weight is 385 g/mol. The summed E-state index contributed by atoms with van der Waals surface area (Å²) in [6.45, 7) is 10.5. The van der Waals surface area contributed by atoms with Gasteiger partial charge in [0, 0.05) is 38.2 Å². The zero-order chi connectivity index (χ0) is 20.1. The Kier molecular flexibility index (Phi) is 6.55. The number of rotatable bonds is 3. The first kappa shape index (κ1) is 20.6. The third kappa shape index (κ3) is 5.22. The van der Waals surface area contributed by atoms with Gasteiger partial charge in [-0.3, -0.25) is 9.59 Å². The SMILES string of the molecule is CC(C)(C)c1ccc(/C=C/C(=O)N2CCC(C(=O)N3CCOCC3)CC2)cc1. The molecule has 2 aliphatic rings. The molecular weight excluding hydrogens is 352 g/mol. The van der Waals surface area contributed by atoms with Crippen molar-refractivity contribution in [3.8, 4) is 0 Å². The van der Waals surface area contributed by atoms with Gasteiger partial charge in [0.1, 0.15) is 0 Å². The largest absolute Gasteiger partial charge is 0.378 e. The van der Waals surface area contributed by atoms with Crippen LogP contribution in [-0.2, 0) is 19.7 Å². The molecule has 1 aromatic carbocycles. The maximum Gasteiger partial charge on any atom is 0.246 e. The second-order valence-electron chi connectivity index (χ2n) is 8.74. The number of amides is 2. The number of carbonyl (C=O) groups is 2. The Hall–Kier alpha value is -2.14. The highest BCUT2D eigenvalue weighted by Gasteiger charge is 2.30. The van der Waals surface area contributed by atoms with Crippen LogP contribution >= 0.6 is 0 Å². The van der Waals surface area contributed by atoms with Crippen LogP contribution in [0.15, 0.2) is 30.3 Å². The molecule has 0 N–H and O–H groups in total. The van der Waals surface area contributed by atoms with Crippen LogP contribution in [0.4, 0.5) is 0 Å². The maximum atomic E-state index is 12.6. The van der Waals surface area contributed by atoms with E-state index in [1.165, 1.54) is 5.56 Å². The Morgan fingerprint density at radius 3 is 2.14 bits per heavy atom. The standard InChI is InChI=1S/C23H32N2O3/c1-23(2,3)20-7-4-18(5-8-20)6-9-21(26)24-12-10-19(11-13-24)22(27)25-14-16-28-17-15-25/h4-9,19H,10-17H2,1-3H3/b9-6+. The summed E-state index contributed by atoms with van der Waals surface area (Å²) in [6.07, 6.45) is 5.02. The Balaban J connectivity index is 1.49. The molecular formula is C23H32N2O3. The van der Waals surface area contributed by atoms with Crippen LogP contribution in [0.2, 0.25) is 0 Å². The van der Waals surface area contributed by atoms with Gasteiger partial charge in [-0.15, -0.1) is 0 Å². The van der Waals surface area contributed by atoms with Crippen LogP contribution in [0.5, 0.6) is 0 Å². The molecule has 0 bridgehead atoms. The minimum Gasteiger partial charge on any atom is -0.378 e. The number of hydrogen-bond acceptors (Lipinski definition) is 3. The Morgan fingerprint density at radius 2 is 1.57 bits per heavy atom. The molecule has 0 radical (unpaired) electrons. The third-order valence-electron chi connectivity index (χ3n) is 5.67. The van der Waals surface area contributed by atoms with Crippen molar-refractivity contribution in [2.75, 3.05) is 39.4 Å². The van der Waals surface area contributed by atoms with Crippen LogP contribution < -0.4 is 0 Å². The highest BCUT2D eigenvalue weighted by Crippen LogP contribution is 2.23. The van der Waals surface area contributed by atoms with Crippen molar-refractivity contribution in [3.05, 3.63) is 41.5 Å². The molecule has 0 atom stereocenters. The molecule has 2 saturated heterocycles. The highest BCUT2D eigenvalue weighted by molar-refractivity contribution is 5.92. The zero-order valence-corrected chi connectivity index (χ0v) is 17.3. The van der Waals surface area contributed by atoms with Crippen molar-refractivity contribution in [3.63, 3.8) is 0 Å². The summed E-state index contributed by atoms with van der Waals surface area (Å²) in [7, 11) is 0. The van der Waals surface area contributed by atoms with Crippen molar-refractivity contribution >= 4 is 17.9 Å². The number of ether oxygens (including phenoxy) is 1. The van der Waals surface area contributed by atoms with E-state index in [4.69, 9.17) is 4.74 Å². The lowest BCUT2D eigenvalue weighted by Gasteiger charge is -2.35. The molecule has 0 unspecified atom stereocenters. The molecule has 0 spiro atoms. The summed E-state index contributed by atoms with van der Waals surface area (Å²) in [5.74, 6) is 0.290. The number of benzene rings is 1. The van der Waals surface area contributed by atoms with E-state index in [2.05, 4.69) is 45.0 Å². The van der Waals surface area contributed by atoms with Crippen LogP contribution in [0, 0.1) is 5.92 Å². The van der Waals surface area contributed by atoms with Gasteiger partial charge in [-0.2, -0.15) is 0 Å². The molecule has 0 saturated carbocycles. The molecule has 152 valence electrons. The van der Waals surface area contributed by atoms with Gasteiger partial charge in [-0.05, 0) is 35.5 Å². The minimum atomic E-state index is 0.0252. The number of hydrogen-bond donors (Lipinski definition) is 0. The molecule has 1 aromatic rings. The third-order valence-corrected chi connectivity index (χ3v) is 5.67. The van der Waals surface area contributed by atoms with Crippen LogP contribution in [0.25, 0.3) is 6.08 Å². The lowest BCUT2D eigenvalue weighted by molar-refractivity contribution is -0.142. The fourth-order valence-corrected chi connectivity index (χ4v) is 3.76. The molecule has 28 heavy (non-hydrogen) atoms. The summed E-state index contributed by atoms with van der Waals surface area (Å²) < 4.78 is 5.32. The fourth-order valence-electron chi connectivity index (χ4n) is 3.76. The van der Waals surface area contributed by atoms with Crippen molar-refractivity contribution in [2.45, 2.75) is 39.0 Å². The van der Waals surface area contributed by atoms with E-state index >= 15 is 0 Å². The second-order valence-corrected chi connectivity index (χ2v) is 8.74. The van der Waals surface area contributed by atoms with E-state index in [0.29, 0.717) is 39.4 Å². The minimum absolute atomic E-state index is 0.0252. The zero-order valence-electron chi connectivity index (χ0n) is 17.3. The van der Waals surface area contributed by atoms with Gasteiger partial charge in [0.2, 0.25) is 11.8 Å². The molecule has 5 heteroatoms. The lowest BCUT2D eigenvalue weighted by atomic mass is 9.87. The summed E-state index contributed by atoms with van der Waals surface area (Å²) in [6, 6.07) is 8.34. The van der Waals surface area contributed by atoms with E-state index in [0.717, 1.165) is 18.4 Å². The highest BCUT2D eigenvalue weighted by atomic mass is 16.5. The summed E-state index contributed by atoms with van der Waals surface area (Å²) >= 11 is 0. The van der Waals surface area contributed by atoms with Gasteiger partial charge < -0.3 is 14.5 Å². The topological polar surface area (TPSA) is 49.9 Å². The van der Waals surface area contributed by atoms with Crippen molar-refractivity contribution < 1.29 is 14.3 Å². The quantitative estimate of drug-likeness (QED) is 0.753. The van der Waals surface area contributed by atoms with Gasteiger partial charge >= 0.3 is 0 Å². The van der Waals surface area contributed by atoms with Gasteiger partial charge in [-0.25, -0.2) is 0 Å². The number of carbonyl (C=O) groups excluding carboxylic acids is 2. The van der Waals surface area contributed by atoms with E-state index < -0.39 is 0 Å². The number of nitrogens with zero attached hydrogens (tertiary/aromatic N) is 2. The van der Waals surface area contributed by atoms with Gasteiger partial charge in [0.15, 0.2) is 0 Å². The predicted octanol–water partition coefficient (Wildman–Crippen LogP) is 3.09. The summed E-state index contributed by atoms with van der Waals surface area (Å²) in [4.78, 5) is 28.9. The monoisotopic (exact) mass is 384 g/mol. The molecule has 2 fully saturated rings. The van der Waals surface area contributed by atoms with E-state index in [9.17, 15) is 9.59 Å². The average Bonchev–Trinajstić information content (AvgIpc) is 2.72. The van der Waals surface area contributed by atoms with E-state index in [1.54, 1.807) is 6.08 Å². The molecule has 5 nitrogen and oxygen atoms in total. The van der Waals surface area contributed by atoms with Crippen molar-refractivity contribution in [2.24, 2.45) is 5.92 Å². The lowest BCUT2D eigenvalue weighted by Crippen LogP contribution is -2.47. The number of piperidine rings is 1. The van der Waals surface area contributed by atoms with Crippen molar-refractivity contribution in [1.82, 2.24) is 9.80 Å². The summed E-state index contributed by atoms with van der Waals surface area (Å²) in [5, 5.41) is 0. The number of morpholine rings is 1. The van der Waals surface area contributed by atoms with Gasteiger partial charge in [0.25, 0.3) is 0 Å². The summed E-state index contributed by atoms with van der Waals surface area (Å²) in [5.41, 5.74) is 2.43. The Labute approximate surface area is 168 Å². The predicted molar refractivity (Wildman–Crippen MR) is 111 cm³/mol.